The van der Waals surface area contributed by atoms with Crippen LogP contribution in [-0.4, -0.2) is 31.7 Å². The van der Waals surface area contributed by atoms with Gasteiger partial charge in [0.15, 0.2) is 0 Å². The quantitative estimate of drug-likeness (QED) is 0.782. The molecule has 0 amide bonds. The van der Waals surface area contributed by atoms with Gasteiger partial charge in [0.1, 0.15) is 0 Å². The van der Waals surface area contributed by atoms with Crippen molar-refractivity contribution in [1.82, 2.24) is 20.0 Å². The largest absolute Gasteiger partial charge is 0.396 e. The molecule has 0 spiro atoms. The fourth-order valence-corrected chi connectivity index (χ4v) is 2.35. The topological polar surface area (TPSA) is 63.8 Å². The molecule has 2 heterocycles. The fourth-order valence-electron chi connectivity index (χ4n) is 2.35. The van der Waals surface area contributed by atoms with Gasteiger partial charge in [0.05, 0.1) is 17.8 Å². The van der Waals surface area contributed by atoms with Gasteiger partial charge in [-0.1, -0.05) is 23.4 Å². The number of pyridine rings is 1. The summed E-state index contributed by atoms with van der Waals surface area (Å²) in [6.07, 6.45) is 2.41. The predicted molar refractivity (Wildman–Crippen MR) is 76.4 cm³/mol. The third-order valence-electron chi connectivity index (χ3n) is 3.22. The summed E-state index contributed by atoms with van der Waals surface area (Å²) < 4.78 is 1.80. The molecule has 0 bridgehead atoms. The molecule has 0 radical (unpaired) electrons. The van der Waals surface area contributed by atoms with Gasteiger partial charge in [0.25, 0.3) is 0 Å². The molecule has 3 rings (SSSR count). The Morgan fingerprint density at radius 3 is 2.95 bits per heavy atom. The molecule has 102 valence electrons. The Morgan fingerprint density at radius 1 is 1.25 bits per heavy atom. The first kappa shape index (κ1) is 12.7. The molecule has 0 aliphatic heterocycles. The Labute approximate surface area is 116 Å². The van der Waals surface area contributed by atoms with Crippen LogP contribution in [0.1, 0.15) is 17.0 Å². The second-order valence-electron chi connectivity index (χ2n) is 4.82. The second kappa shape index (κ2) is 5.38. The first-order chi connectivity index (χ1) is 9.76. The second-order valence-corrected chi connectivity index (χ2v) is 4.82. The van der Waals surface area contributed by atoms with Gasteiger partial charge < -0.3 is 5.11 Å². The van der Waals surface area contributed by atoms with E-state index in [1.807, 2.05) is 31.3 Å². The minimum atomic E-state index is 0.0932. The smallest absolute Gasteiger partial charge is 0.0850 e. The van der Waals surface area contributed by atoms with E-state index in [-0.39, 0.29) is 6.61 Å². The van der Waals surface area contributed by atoms with E-state index in [1.165, 1.54) is 5.56 Å². The standard InChI is InChI=1S/C15H16N4O/c1-11-8-12(14-4-2-3-5-15(14)16-11)9-19-10-13(6-7-20)17-18-19/h2-5,8,10,20H,6-7,9H2,1H3. The minimum absolute atomic E-state index is 0.0932. The number of aryl methyl sites for hydroxylation is 1. The number of hydrogen-bond acceptors (Lipinski definition) is 4. The highest BCUT2D eigenvalue weighted by molar-refractivity contribution is 5.82. The molecule has 1 N–H and O–H groups in total. The Morgan fingerprint density at radius 2 is 2.10 bits per heavy atom. The van der Waals surface area contributed by atoms with Crippen LogP contribution in [0.4, 0.5) is 0 Å². The first-order valence-corrected chi connectivity index (χ1v) is 6.61. The molecule has 2 aromatic heterocycles. The maximum atomic E-state index is 8.91. The average Bonchev–Trinajstić information content (AvgIpc) is 2.86. The molecule has 0 aliphatic carbocycles. The van der Waals surface area contributed by atoms with E-state index < -0.39 is 0 Å². The van der Waals surface area contributed by atoms with E-state index in [0.717, 1.165) is 22.3 Å². The van der Waals surface area contributed by atoms with E-state index in [2.05, 4.69) is 27.4 Å². The molecule has 1 aromatic carbocycles. The lowest BCUT2D eigenvalue weighted by molar-refractivity contribution is 0.298. The van der Waals surface area contributed by atoms with Crippen molar-refractivity contribution in [1.29, 1.82) is 0 Å². The number of nitrogens with zero attached hydrogens (tertiary/aromatic N) is 4. The number of rotatable bonds is 4. The SMILES string of the molecule is Cc1cc(Cn2cc(CCO)nn2)c2ccccc2n1. The van der Waals surface area contributed by atoms with Crippen molar-refractivity contribution in [3.05, 3.63) is 53.5 Å². The number of aliphatic hydroxyl groups excluding tert-OH is 1. The highest BCUT2D eigenvalue weighted by atomic mass is 16.3. The zero-order valence-electron chi connectivity index (χ0n) is 11.3. The third-order valence-corrected chi connectivity index (χ3v) is 3.22. The van der Waals surface area contributed by atoms with Crippen molar-refractivity contribution in [2.75, 3.05) is 6.61 Å². The van der Waals surface area contributed by atoms with Gasteiger partial charge >= 0.3 is 0 Å². The highest BCUT2D eigenvalue weighted by Gasteiger charge is 2.06. The summed E-state index contributed by atoms with van der Waals surface area (Å²) in [7, 11) is 0. The van der Waals surface area contributed by atoms with E-state index in [0.29, 0.717) is 13.0 Å². The van der Waals surface area contributed by atoms with Gasteiger partial charge in [0.2, 0.25) is 0 Å². The van der Waals surface area contributed by atoms with E-state index in [9.17, 15) is 0 Å². The van der Waals surface area contributed by atoms with Crippen LogP contribution in [-0.2, 0) is 13.0 Å². The van der Waals surface area contributed by atoms with Crippen LogP contribution in [0.3, 0.4) is 0 Å². The molecule has 0 saturated heterocycles. The van der Waals surface area contributed by atoms with Crippen molar-refractivity contribution in [2.24, 2.45) is 0 Å². The van der Waals surface area contributed by atoms with E-state index in [1.54, 1.807) is 4.68 Å². The van der Waals surface area contributed by atoms with Crippen molar-refractivity contribution < 1.29 is 5.11 Å². The molecule has 0 unspecified atom stereocenters. The van der Waals surface area contributed by atoms with E-state index >= 15 is 0 Å². The van der Waals surface area contributed by atoms with Crippen LogP contribution >= 0.6 is 0 Å². The molecular weight excluding hydrogens is 252 g/mol. The van der Waals surface area contributed by atoms with Crippen LogP contribution in [0.2, 0.25) is 0 Å². The third kappa shape index (κ3) is 2.53. The number of benzene rings is 1. The normalized spacial score (nSPS) is 11.1. The monoisotopic (exact) mass is 268 g/mol. The van der Waals surface area contributed by atoms with Gasteiger partial charge in [-0.05, 0) is 24.6 Å². The number of para-hydroxylation sites is 1. The molecule has 3 aromatic rings. The molecule has 0 saturated carbocycles. The number of hydrogen-bond donors (Lipinski definition) is 1. The summed E-state index contributed by atoms with van der Waals surface area (Å²) >= 11 is 0. The molecular formula is C15H16N4O. The van der Waals surface area contributed by atoms with Gasteiger partial charge in [-0.3, -0.25) is 4.98 Å². The van der Waals surface area contributed by atoms with Crippen LogP contribution in [0.15, 0.2) is 36.5 Å². The molecule has 5 nitrogen and oxygen atoms in total. The summed E-state index contributed by atoms with van der Waals surface area (Å²) in [4.78, 5) is 4.53. The van der Waals surface area contributed by atoms with Gasteiger partial charge in [-0.15, -0.1) is 5.10 Å². The molecule has 0 atom stereocenters. The minimum Gasteiger partial charge on any atom is -0.396 e. The first-order valence-electron chi connectivity index (χ1n) is 6.61. The zero-order valence-corrected chi connectivity index (χ0v) is 11.3. The summed E-state index contributed by atoms with van der Waals surface area (Å²) in [5.41, 5.74) is 3.98. The Kier molecular flexibility index (Phi) is 3.43. The van der Waals surface area contributed by atoms with Gasteiger partial charge in [-0.25, -0.2) is 4.68 Å². The van der Waals surface area contributed by atoms with Crippen molar-refractivity contribution in [2.45, 2.75) is 19.9 Å². The zero-order chi connectivity index (χ0) is 13.9. The van der Waals surface area contributed by atoms with Gasteiger partial charge in [0, 0.05) is 30.3 Å². The van der Waals surface area contributed by atoms with Crippen LogP contribution in [0.5, 0.6) is 0 Å². The Hall–Kier alpha value is -2.27. The fraction of sp³-hybridized carbons (Fsp3) is 0.267. The maximum Gasteiger partial charge on any atom is 0.0850 e. The van der Waals surface area contributed by atoms with Crippen LogP contribution < -0.4 is 0 Å². The summed E-state index contributed by atoms with van der Waals surface area (Å²) in [6, 6.07) is 10.2. The van der Waals surface area contributed by atoms with Crippen molar-refractivity contribution in [3.8, 4) is 0 Å². The number of aromatic nitrogens is 4. The molecule has 5 heteroatoms. The van der Waals surface area contributed by atoms with E-state index in [4.69, 9.17) is 5.11 Å². The summed E-state index contributed by atoms with van der Waals surface area (Å²) in [6.45, 7) is 2.74. The maximum absolute atomic E-state index is 8.91. The average molecular weight is 268 g/mol. The lowest BCUT2D eigenvalue weighted by atomic mass is 10.1. The van der Waals surface area contributed by atoms with Crippen molar-refractivity contribution in [3.63, 3.8) is 0 Å². The Bertz CT molecular complexity index is 736. The lowest BCUT2D eigenvalue weighted by Gasteiger charge is -2.07. The molecule has 0 fully saturated rings. The predicted octanol–water partition coefficient (Wildman–Crippen LogP) is 1.72. The lowest BCUT2D eigenvalue weighted by Crippen LogP contribution is -2.02. The molecule has 20 heavy (non-hydrogen) atoms. The number of aliphatic hydroxyl groups is 1. The summed E-state index contributed by atoms with van der Waals surface area (Å²) in [5, 5.41) is 18.2. The number of fused-ring (bicyclic) bond motifs is 1. The van der Waals surface area contributed by atoms with Gasteiger partial charge in [-0.2, -0.15) is 0 Å². The van der Waals surface area contributed by atoms with Crippen LogP contribution in [0, 0.1) is 6.92 Å². The Balaban J connectivity index is 1.97. The highest BCUT2D eigenvalue weighted by Crippen LogP contribution is 2.19. The van der Waals surface area contributed by atoms with Crippen molar-refractivity contribution >= 4 is 10.9 Å². The summed E-state index contributed by atoms with van der Waals surface area (Å²) in [5.74, 6) is 0. The molecule has 0 aliphatic rings. The van der Waals surface area contributed by atoms with Crippen LogP contribution in [0.25, 0.3) is 10.9 Å².